The molecule has 3 heterocycles. The molecule has 0 bridgehead atoms. The Morgan fingerprint density at radius 1 is 1.08 bits per heavy atom. The van der Waals surface area contributed by atoms with Crippen LogP contribution in [0, 0.1) is 12.8 Å². The molecule has 3 amide bonds. The Morgan fingerprint density at radius 3 is 2.58 bits per heavy atom. The summed E-state index contributed by atoms with van der Waals surface area (Å²) in [6, 6.07) is 9.61. The summed E-state index contributed by atoms with van der Waals surface area (Å²) in [5, 5.41) is 5.17. The lowest BCUT2D eigenvalue weighted by atomic mass is 10.0. The van der Waals surface area contributed by atoms with Crippen LogP contribution in [0.2, 0.25) is 0 Å². The summed E-state index contributed by atoms with van der Waals surface area (Å²) in [7, 11) is 1.25. The van der Waals surface area contributed by atoms with Crippen molar-refractivity contribution in [2.75, 3.05) is 30.8 Å². The van der Waals surface area contributed by atoms with Gasteiger partial charge in [-0.05, 0) is 49.2 Å². The smallest absolute Gasteiger partial charge is 0.412 e. The molecule has 1 fully saturated rings. The Kier molecular flexibility index (Phi) is 7.04. The van der Waals surface area contributed by atoms with Crippen molar-refractivity contribution in [1.82, 2.24) is 19.9 Å². The molecule has 1 aromatic carbocycles. The quantitative estimate of drug-likeness (QED) is 0.515. The minimum atomic E-state index is -4.32. The fraction of sp³-hybridized carbons (Fsp3) is 0.292. The third-order valence-corrected chi connectivity index (χ3v) is 5.79. The number of carbonyl (C=O) groups excluding carboxylic acids is 2. The first-order valence-electron chi connectivity index (χ1n) is 11.0. The van der Waals surface area contributed by atoms with E-state index >= 15 is 0 Å². The molecule has 1 saturated heterocycles. The van der Waals surface area contributed by atoms with E-state index in [1.54, 1.807) is 42.6 Å². The van der Waals surface area contributed by atoms with Crippen molar-refractivity contribution in [2.24, 2.45) is 5.92 Å². The van der Waals surface area contributed by atoms with Crippen molar-refractivity contribution in [1.29, 1.82) is 0 Å². The maximum absolute atomic E-state index is 13.0. The molecule has 188 valence electrons. The lowest BCUT2D eigenvalue weighted by molar-refractivity contribution is -0.169. The second-order valence-electron chi connectivity index (χ2n) is 8.24. The van der Waals surface area contributed by atoms with Crippen molar-refractivity contribution in [3.63, 3.8) is 0 Å². The number of hydrogen-bond acceptors (Lipinski definition) is 6. The molecule has 0 saturated carbocycles. The number of rotatable bonds is 4. The average molecular weight is 500 g/mol. The number of aryl methyl sites for hydroxylation is 1. The van der Waals surface area contributed by atoms with E-state index in [4.69, 9.17) is 0 Å². The number of halogens is 3. The Morgan fingerprint density at radius 2 is 1.86 bits per heavy atom. The van der Waals surface area contributed by atoms with Gasteiger partial charge in [-0.25, -0.2) is 24.5 Å². The molecule has 2 N–H and O–H groups in total. The molecule has 2 aromatic heterocycles. The largest absolute Gasteiger partial charge is 0.453 e. The maximum Gasteiger partial charge on any atom is 0.412 e. The van der Waals surface area contributed by atoms with E-state index in [2.05, 4.69) is 30.3 Å². The van der Waals surface area contributed by atoms with E-state index in [9.17, 15) is 22.8 Å². The van der Waals surface area contributed by atoms with Crippen molar-refractivity contribution < 1.29 is 27.5 Å². The van der Waals surface area contributed by atoms with Gasteiger partial charge in [0.15, 0.2) is 5.82 Å². The first kappa shape index (κ1) is 24.9. The summed E-state index contributed by atoms with van der Waals surface area (Å²) in [6.45, 7) is 1.56. The average Bonchev–Trinajstić information content (AvgIpc) is 3.37. The SMILES string of the molecule is COC(=O)Nc1cc(-c2nccc(-c3cc(NC(=O)N4CCC(C(F)(F)F)C4)ccc3C)n2)ccn1. The fourth-order valence-electron chi connectivity index (χ4n) is 3.83. The second-order valence-corrected chi connectivity index (χ2v) is 8.24. The summed E-state index contributed by atoms with van der Waals surface area (Å²) in [5.74, 6) is -0.858. The standard InChI is InChI=1S/C24H23F3N6O3/c1-14-3-4-17(30-22(34)33-10-7-16(13-33)24(25,26)27)12-18(14)19-6-9-29-21(31-19)15-5-8-28-20(11-15)32-23(35)36-2/h3-6,8-9,11-12,16H,7,10,13H2,1-2H3,(H,30,34)(H,28,32,35). The highest BCUT2D eigenvalue weighted by Crippen LogP contribution is 2.34. The van der Waals surface area contributed by atoms with Crippen molar-refractivity contribution >= 4 is 23.6 Å². The Bertz CT molecular complexity index is 1280. The first-order valence-corrected chi connectivity index (χ1v) is 11.0. The van der Waals surface area contributed by atoms with Gasteiger partial charge in [-0.3, -0.25) is 5.32 Å². The van der Waals surface area contributed by atoms with Gasteiger partial charge < -0.3 is 15.0 Å². The van der Waals surface area contributed by atoms with Crippen molar-refractivity contribution in [3.8, 4) is 22.6 Å². The minimum absolute atomic E-state index is 0.0444. The number of ether oxygens (including phenoxy) is 1. The summed E-state index contributed by atoms with van der Waals surface area (Å²) < 4.78 is 43.5. The molecule has 0 radical (unpaired) electrons. The van der Waals surface area contributed by atoms with E-state index in [-0.39, 0.29) is 25.3 Å². The number of nitrogens with zero attached hydrogens (tertiary/aromatic N) is 4. The molecular formula is C24H23F3N6O3. The van der Waals surface area contributed by atoms with Crippen LogP contribution in [-0.4, -0.2) is 58.4 Å². The normalized spacial score (nSPS) is 15.5. The van der Waals surface area contributed by atoms with Gasteiger partial charge in [0, 0.05) is 42.3 Å². The van der Waals surface area contributed by atoms with Crippen LogP contribution >= 0.6 is 0 Å². The number of anilines is 2. The number of amides is 3. The summed E-state index contributed by atoms with van der Waals surface area (Å²) in [5.41, 5.74) is 3.20. The van der Waals surface area contributed by atoms with Gasteiger partial charge >= 0.3 is 18.3 Å². The number of methoxy groups -OCH3 is 1. The first-order chi connectivity index (χ1) is 17.1. The van der Waals surface area contributed by atoms with Crippen molar-refractivity contribution in [3.05, 3.63) is 54.4 Å². The van der Waals surface area contributed by atoms with E-state index < -0.39 is 24.2 Å². The van der Waals surface area contributed by atoms with Gasteiger partial charge in [0.05, 0.1) is 18.7 Å². The topological polar surface area (TPSA) is 109 Å². The third-order valence-electron chi connectivity index (χ3n) is 5.79. The van der Waals surface area contributed by atoms with E-state index in [0.29, 0.717) is 28.3 Å². The molecule has 3 aromatic rings. The number of alkyl halides is 3. The van der Waals surface area contributed by atoms with Crippen molar-refractivity contribution in [2.45, 2.75) is 19.5 Å². The van der Waals surface area contributed by atoms with E-state index in [1.165, 1.54) is 18.2 Å². The zero-order chi connectivity index (χ0) is 25.9. The van der Waals surface area contributed by atoms with Gasteiger partial charge in [0.25, 0.3) is 0 Å². The second kappa shape index (κ2) is 10.2. The number of carbonyl (C=O) groups is 2. The third kappa shape index (κ3) is 5.70. The van der Waals surface area contributed by atoms with Crippen LogP contribution in [0.25, 0.3) is 22.6 Å². The highest BCUT2D eigenvalue weighted by Gasteiger charge is 2.44. The minimum Gasteiger partial charge on any atom is -0.453 e. The maximum atomic E-state index is 13.0. The summed E-state index contributed by atoms with van der Waals surface area (Å²) >= 11 is 0. The number of nitrogens with one attached hydrogen (secondary N) is 2. The lowest BCUT2D eigenvalue weighted by Crippen LogP contribution is -2.35. The lowest BCUT2D eigenvalue weighted by Gasteiger charge is -2.19. The molecule has 4 rings (SSSR count). The molecule has 1 atom stereocenters. The Hall–Kier alpha value is -4.22. The molecular weight excluding hydrogens is 477 g/mol. The number of aromatic nitrogens is 3. The Balaban J connectivity index is 1.54. The fourth-order valence-corrected chi connectivity index (χ4v) is 3.83. The van der Waals surface area contributed by atoms with Crippen LogP contribution in [0.15, 0.2) is 48.8 Å². The number of pyridine rings is 1. The van der Waals surface area contributed by atoms with Crippen LogP contribution in [0.5, 0.6) is 0 Å². The van der Waals surface area contributed by atoms with Gasteiger partial charge in [0.2, 0.25) is 0 Å². The number of hydrogen-bond donors (Lipinski definition) is 2. The van der Waals surface area contributed by atoms with Crippen LogP contribution in [0.4, 0.5) is 34.3 Å². The number of likely N-dealkylation sites (tertiary alicyclic amines) is 1. The van der Waals surface area contributed by atoms with Crippen LogP contribution in [0.3, 0.4) is 0 Å². The summed E-state index contributed by atoms with van der Waals surface area (Å²) in [6.07, 6.45) is -2.00. The number of benzene rings is 1. The predicted molar refractivity (Wildman–Crippen MR) is 126 cm³/mol. The molecule has 9 nitrogen and oxygen atoms in total. The molecule has 0 aliphatic carbocycles. The zero-order valence-corrected chi connectivity index (χ0v) is 19.5. The van der Waals surface area contributed by atoms with E-state index in [1.807, 2.05) is 6.92 Å². The number of urea groups is 1. The van der Waals surface area contributed by atoms with Crippen LogP contribution < -0.4 is 10.6 Å². The zero-order valence-electron chi connectivity index (χ0n) is 19.5. The molecule has 1 unspecified atom stereocenters. The summed E-state index contributed by atoms with van der Waals surface area (Å²) in [4.78, 5) is 38.2. The van der Waals surface area contributed by atoms with Crippen LogP contribution in [0.1, 0.15) is 12.0 Å². The highest BCUT2D eigenvalue weighted by atomic mass is 19.4. The molecule has 0 spiro atoms. The van der Waals surface area contributed by atoms with Gasteiger partial charge in [-0.1, -0.05) is 6.07 Å². The predicted octanol–water partition coefficient (Wildman–Crippen LogP) is 5.11. The Labute approximate surface area is 204 Å². The molecule has 12 heteroatoms. The molecule has 1 aliphatic heterocycles. The molecule has 36 heavy (non-hydrogen) atoms. The monoisotopic (exact) mass is 500 g/mol. The van der Waals surface area contributed by atoms with E-state index in [0.717, 1.165) is 5.56 Å². The van der Waals surface area contributed by atoms with Gasteiger partial charge in [0.1, 0.15) is 5.82 Å². The highest BCUT2D eigenvalue weighted by molar-refractivity contribution is 5.90. The van der Waals surface area contributed by atoms with Gasteiger partial charge in [-0.15, -0.1) is 0 Å². The van der Waals surface area contributed by atoms with Crippen LogP contribution in [-0.2, 0) is 4.74 Å². The molecule has 1 aliphatic rings. The van der Waals surface area contributed by atoms with Gasteiger partial charge in [-0.2, -0.15) is 13.2 Å².